The fraction of sp³-hybridized carbons (Fsp3) is 0. The van der Waals surface area contributed by atoms with Crippen molar-refractivity contribution in [2.45, 2.75) is 0 Å². The van der Waals surface area contributed by atoms with Crippen molar-refractivity contribution >= 4 is 11.0 Å². The van der Waals surface area contributed by atoms with Crippen LogP contribution >= 0.6 is 0 Å². The number of nitrogens with one attached hydrogen (secondary N) is 1. The third-order valence-corrected chi connectivity index (χ3v) is 2.68. The maximum absolute atomic E-state index is 13.7. The highest BCUT2D eigenvalue weighted by atomic mass is 19.1. The lowest BCUT2D eigenvalue weighted by Crippen LogP contribution is -1.88. The topological polar surface area (TPSA) is 28.7 Å². The Morgan fingerprint density at radius 3 is 2.71 bits per heavy atom. The van der Waals surface area contributed by atoms with Crippen molar-refractivity contribution in [2.24, 2.45) is 0 Å². The van der Waals surface area contributed by atoms with Crippen LogP contribution < -0.4 is 0 Å². The Balaban J connectivity index is 2.30. The monoisotopic (exact) mass is 230 g/mol. The number of rotatable bonds is 1. The number of halogens is 2. The van der Waals surface area contributed by atoms with E-state index < -0.39 is 11.6 Å². The van der Waals surface area contributed by atoms with Crippen molar-refractivity contribution in [2.75, 3.05) is 0 Å². The number of aromatic nitrogens is 2. The molecule has 4 heteroatoms. The highest BCUT2D eigenvalue weighted by Gasteiger charge is 2.10. The van der Waals surface area contributed by atoms with E-state index in [9.17, 15) is 8.78 Å². The number of benzene rings is 1. The number of hydrogen-bond acceptors (Lipinski definition) is 1. The average molecular weight is 230 g/mol. The van der Waals surface area contributed by atoms with E-state index in [1.54, 1.807) is 18.5 Å². The summed E-state index contributed by atoms with van der Waals surface area (Å²) in [4.78, 5) is 7.08. The molecule has 0 fully saturated rings. The summed E-state index contributed by atoms with van der Waals surface area (Å²) in [5.41, 5.74) is 1.76. The van der Waals surface area contributed by atoms with Gasteiger partial charge in [0.1, 0.15) is 17.3 Å². The van der Waals surface area contributed by atoms with E-state index in [2.05, 4.69) is 9.97 Å². The SMILES string of the molecule is Fc1ccc(-c2ccnc3[nH]ccc23)c(F)c1. The molecule has 0 saturated carbocycles. The first-order chi connectivity index (χ1) is 8.25. The summed E-state index contributed by atoms with van der Waals surface area (Å²) >= 11 is 0. The smallest absolute Gasteiger partial charge is 0.137 e. The summed E-state index contributed by atoms with van der Waals surface area (Å²) in [6.45, 7) is 0. The van der Waals surface area contributed by atoms with Crippen LogP contribution in [-0.2, 0) is 0 Å². The van der Waals surface area contributed by atoms with Gasteiger partial charge in [0.05, 0.1) is 0 Å². The van der Waals surface area contributed by atoms with Gasteiger partial charge >= 0.3 is 0 Å². The van der Waals surface area contributed by atoms with E-state index in [4.69, 9.17) is 0 Å². The van der Waals surface area contributed by atoms with Crippen LogP contribution in [0.3, 0.4) is 0 Å². The molecule has 2 aromatic heterocycles. The lowest BCUT2D eigenvalue weighted by atomic mass is 10.0. The van der Waals surface area contributed by atoms with Crippen LogP contribution in [-0.4, -0.2) is 9.97 Å². The Kier molecular flexibility index (Phi) is 2.14. The van der Waals surface area contributed by atoms with Crippen molar-refractivity contribution in [3.05, 3.63) is 54.4 Å². The molecule has 17 heavy (non-hydrogen) atoms. The molecule has 0 aliphatic carbocycles. The van der Waals surface area contributed by atoms with Gasteiger partial charge in [0.15, 0.2) is 0 Å². The molecule has 0 unspecified atom stereocenters. The summed E-state index contributed by atoms with van der Waals surface area (Å²) in [5.74, 6) is -1.15. The molecule has 0 spiro atoms. The average Bonchev–Trinajstić information content (AvgIpc) is 2.77. The van der Waals surface area contributed by atoms with Gasteiger partial charge in [-0.05, 0) is 29.8 Å². The molecule has 0 aliphatic heterocycles. The highest BCUT2D eigenvalue weighted by molar-refractivity contribution is 5.92. The maximum atomic E-state index is 13.7. The normalized spacial score (nSPS) is 10.9. The van der Waals surface area contributed by atoms with Crippen LogP contribution in [0, 0.1) is 11.6 Å². The maximum Gasteiger partial charge on any atom is 0.137 e. The fourth-order valence-corrected chi connectivity index (χ4v) is 1.90. The first-order valence-corrected chi connectivity index (χ1v) is 5.13. The Bertz CT molecular complexity index is 689. The van der Waals surface area contributed by atoms with Gasteiger partial charge in [-0.1, -0.05) is 0 Å². The molecule has 0 bridgehead atoms. The van der Waals surface area contributed by atoms with Crippen molar-refractivity contribution < 1.29 is 8.78 Å². The van der Waals surface area contributed by atoms with Gasteiger partial charge in [0, 0.05) is 29.4 Å². The minimum absolute atomic E-state index is 0.374. The fourth-order valence-electron chi connectivity index (χ4n) is 1.90. The van der Waals surface area contributed by atoms with E-state index >= 15 is 0 Å². The molecule has 0 aliphatic rings. The molecule has 2 heterocycles. The summed E-state index contributed by atoms with van der Waals surface area (Å²) in [5, 5.41) is 0.818. The third kappa shape index (κ3) is 1.58. The molecule has 84 valence electrons. The quantitative estimate of drug-likeness (QED) is 0.680. The lowest BCUT2D eigenvalue weighted by Gasteiger charge is -2.04. The number of pyridine rings is 1. The van der Waals surface area contributed by atoms with Crippen LogP contribution in [0.5, 0.6) is 0 Å². The van der Waals surface area contributed by atoms with E-state index in [0.717, 1.165) is 11.5 Å². The molecule has 1 aromatic carbocycles. The van der Waals surface area contributed by atoms with E-state index in [0.29, 0.717) is 16.8 Å². The minimum atomic E-state index is -0.578. The zero-order chi connectivity index (χ0) is 11.8. The predicted molar refractivity (Wildman–Crippen MR) is 61.4 cm³/mol. The molecule has 0 saturated heterocycles. The molecular formula is C13H8F2N2. The third-order valence-electron chi connectivity index (χ3n) is 2.68. The van der Waals surface area contributed by atoms with Crippen molar-refractivity contribution in [3.63, 3.8) is 0 Å². The molecular weight excluding hydrogens is 222 g/mol. The van der Waals surface area contributed by atoms with E-state index in [1.165, 1.54) is 12.1 Å². The van der Waals surface area contributed by atoms with Gasteiger partial charge < -0.3 is 4.98 Å². The van der Waals surface area contributed by atoms with Crippen LogP contribution in [0.2, 0.25) is 0 Å². The zero-order valence-electron chi connectivity index (χ0n) is 8.74. The van der Waals surface area contributed by atoms with Crippen LogP contribution in [0.4, 0.5) is 8.78 Å². The standard InChI is InChI=1S/C13H8F2N2/c14-8-1-2-10(12(15)7-8)9-3-5-16-13-11(9)4-6-17-13/h1-7H,(H,16,17). The van der Waals surface area contributed by atoms with E-state index in [1.807, 2.05) is 6.07 Å². The van der Waals surface area contributed by atoms with Gasteiger partial charge in [-0.15, -0.1) is 0 Å². The van der Waals surface area contributed by atoms with Gasteiger partial charge in [-0.2, -0.15) is 0 Å². The van der Waals surface area contributed by atoms with Crippen molar-refractivity contribution in [1.29, 1.82) is 0 Å². The molecule has 0 radical (unpaired) electrons. The van der Waals surface area contributed by atoms with Crippen LogP contribution in [0.1, 0.15) is 0 Å². The largest absolute Gasteiger partial charge is 0.346 e. The summed E-state index contributed by atoms with van der Waals surface area (Å²) in [6, 6.07) is 7.10. The molecule has 2 nitrogen and oxygen atoms in total. The second kappa shape index (κ2) is 3.66. The van der Waals surface area contributed by atoms with E-state index in [-0.39, 0.29) is 0 Å². The minimum Gasteiger partial charge on any atom is -0.346 e. The molecule has 1 N–H and O–H groups in total. The van der Waals surface area contributed by atoms with Gasteiger partial charge in [-0.3, -0.25) is 0 Å². The number of H-pyrrole nitrogens is 1. The van der Waals surface area contributed by atoms with Gasteiger partial charge in [-0.25, -0.2) is 13.8 Å². The Labute approximate surface area is 95.9 Å². The van der Waals surface area contributed by atoms with Crippen LogP contribution in [0.15, 0.2) is 42.7 Å². The van der Waals surface area contributed by atoms with Crippen molar-refractivity contribution in [1.82, 2.24) is 9.97 Å². The molecule has 0 amide bonds. The Morgan fingerprint density at radius 2 is 1.88 bits per heavy atom. The molecule has 3 aromatic rings. The first-order valence-electron chi connectivity index (χ1n) is 5.13. The highest BCUT2D eigenvalue weighted by Crippen LogP contribution is 2.29. The molecule has 0 atom stereocenters. The van der Waals surface area contributed by atoms with Gasteiger partial charge in [0.25, 0.3) is 0 Å². The van der Waals surface area contributed by atoms with Gasteiger partial charge in [0.2, 0.25) is 0 Å². The number of fused-ring (bicyclic) bond motifs is 1. The second-order valence-corrected chi connectivity index (χ2v) is 3.72. The predicted octanol–water partition coefficient (Wildman–Crippen LogP) is 3.51. The zero-order valence-corrected chi connectivity index (χ0v) is 8.74. The number of hydrogen-bond donors (Lipinski definition) is 1. The summed E-state index contributed by atoms with van der Waals surface area (Å²) in [7, 11) is 0. The molecule has 3 rings (SSSR count). The number of aromatic amines is 1. The second-order valence-electron chi connectivity index (χ2n) is 3.72. The number of nitrogens with zero attached hydrogens (tertiary/aromatic N) is 1. The lowest BCUT2D eigenvalue weighted by molar-refractivity contribution is 0.585. The Hall–Kier alpha value is -2.23. The first kappa shape index (κ1) is 9.96. The summed E-state index contributed by atoms with van der Waals surface area (Å²) < 4.78 is 26.6. The van der Waals surface area contributed by atoms with Crippen LogP contribution in [0.25, 0.3) is 22.2 Å². The Morgan fingerprint density at radius 1 is 1.00 bits per heavy atom. The van der Waals surface area contributed by atoms with Crippen molar-refractivity contribution in [3.8, 4) is 11.1 Å². The summed E-state index contributed by atoms with van der Waals surface area (Å²) in [6.07, 6.45) is 3.33.